The molecule has 0 aliphatic carbocycles. The molecule has 204 valence electrons. The summed E-state index contributed by atoms with van der Waals surface area (Å²) in [5.74, 6) is -0.0419. The van der Waals surface area contributed by atoms with Crippen LogP contribution in [0.25, 0.3) is 6.08 Å². The zero-order chi connectivity index (χ0) is 28.3. The molecule has 0 spiro atoms. The van der Waals surface area contributed by atoms with Crippen LogP contribution in [0.2, 0.25) is 0 Å². The van der Waals surface area contributed by atoms with E-state index in [1.165, 1.54) is 35.1 Å². The number of carbonyl (C=O) groups excluding carboxylic acids is 1. The lowest BCUT2D eigenvalue weighted by molar-refractivity contribution is -0.385. The van der Waals surface area contributed by atoms with Crippen LogP contribution in [0.15, 0.2) is 63.5 Å². The van der Waals surface area contributed by atoms with Gasteiger partial charge in [0, 0.05) is 6.07 Å². The molecular formula is C29H31N3O6S. The predicted octanol–water partition coefficient (Wildman–Crippen LogP) is 4.62. The molecule has 0 bridgehead atoms. The van der Waals surface area contributed by atoms with Gasteiger partial charge < -0.3 is 9.47 Å². The number of nitro groups is 1. The Morgan fingerprint density at radius 2 is 1.92 bits per heavy atom. The summed E-state index contributed by atoms with van der Waals surface area (Å²) >= 11 is 1.19. The number of ether oxygens (including phenoxy) is 2. The molecule has 2 aromatic carbocycles. The standard InChI is InChI=1S/C29H31N3O6S/c1-6-8-21-25(28(34)38-7-2)26(20-12-10-19(11-13-20)17(3)4)31-27(33)24(39-29(31)30-21)16-18-9-14-23(37-5)22(15-18)32(35)36/h9-17,26H,6-8H2,1-5H3/b24-16-/t26-/m0/s1. The Morgan fingerprint density at radius 1 is 1.21 bits per heavy atom. The van der Waals surface area contributed by atoms with Crippen molar-refractivity contribution in [2.75, 3.05) is 13.7 Å². The lowest BCUT2D eigenvalue weighted by Crippen LogP contribution is -2.40. The molecule has 0 fully saturated rings. The van der Waals surface area contributed by atoms with Crippen molar-refractivity contribution in [1.29, 1.82) is 0 Å². The molecule has 39 heavy (non-hydrogen) atoms. The van der Waals surface area contributed by atoms with Crippen molar-refractivity contribution < 1.29 is 19.2 Å². The lowest BCUT2D eigenvalue weighted by Gasteiger charge is -2.26. The summed E-state index contributed by atoms with van der Waals surface area (Å²) < 4.78 is 12.4. The SMILES string of the molecule is CCCC1=C(C(=O)OCC)[C@H](c2ccc(C(C)C)cc2)n2c(s/c(=C\c3ccc(OC)c([N+](=O)[O-])c3)c2=O)=N1. The molecule has 0 unspecified atom stereocenters. The van der Waals surface area contributed by atoms with E-state index in [9.17, 15) is 19.7 Å². The predicted molar refractivity (Wildman–Crippen MR) is 150 cm³/mol. The highest BCUT2D eigenvalue weighted by Crippen LogP contribution is 2.33. The molecule has 0 amide bonds. The highest BCUT2D eigenvalue weighted by atomic mass is 32.1. The highest BCUT2D eigenvalue weighted by molar-refractivity contribution is 7.07. The number of nitrogens with zero attached hydrogens (tertiary/aromatic N) is 3. The third-order valence-corrected chi connectivity index (χ3v) is 7.49. The second kappa shape index (κ2) is 11.8. The van der Waals surface area contributed by atoms with Gasteiger partial charge in [0.25, 0.3) is 5.56 Å². The number of hydrogen-bond acceptors (Lipinski definition) is 8. The van der Waals surface area contributed by atoms with E-state index in [1.807, 2.05) is 31.2 Å². The maximum Gasteiger partial charge on any atom is 0.338 e. The van der Waals surface area contributed by atoms with E-state index in [1.54, 1.807) is 19.1 Å². The number of aromatic nitrogens is 1. The number of benzene rings is 2. The van der Waals surface area contributed by atoms with Gasteiger partial charge in [-0.15, -0.1) is 0 Å². The molecular weight excluding hydrogens is 518 g/mol. The number of carbonyl (C=O) groups is 1. The fourth-order valence-electron chi connectivity index (χ4n) is 4.59. The smallest absolute Gasteiger partial charge is 0.338 e. The summed E-state index contributed by atoms with van der Waals surface area (Å²) in [5.41, 5.74) is 2.81. The second-order valence-electron chi connectivity index (χ2n) is 9.42. The molecule has 0 radical (unpaired) electrons. The van der Waals surface area contributed by atoms with Gasteiger partial charge >= 0.3 is 11.7 Å². The lowest BCUT2D eigenvalue weighted by atomic mass is 9.92. The van der Waals surface area contributed by atoms with Crippen LogP contribution in [0.5, 0.6) is 5.75 Å². The van der Waals surface area contributed by atoms with E-state index in [0.29, 0.717) is 38.5 Å². The summed E-state index contributed by atoms with van der Waals surface area (Å²) in [5, 5.41) is 11.5. The van der Waals surface area contributed by atoms with Crippen molar-refractivity contribution in [3.63, 3.8) is 0 Å². The number of rotatable bonds is 9. The Hall–Kier alpha value is -4.05. The van der Waals surface area contributed by atoms with Crippen molar-refractivity contribution in [1.82, 2.24) is 4.57 Å². The molecule has 9 nitrogen and oxygen atoms in total. The third-order valence-electron chi connectivity index (χ3n) is 6.51. The van der Waals surface area contributed by atoms with Gasteiger partial charge in [0.05, 0.1) is 40.5 Å². The van der Waals surface area contributed by atoms with Crippen LogP contribution in [-0.2, 0) is 9.53 Å². The van der Waals surface area contributed by atoms with Gasteiger partial charge in [0.1, 0.15) is 0 Å². The Kier molecular flexibility index (Phi) is 8.44. The molecule has 1 aromatic heterocycles. The Labute approximate surface area is 229 Å². The monoisotopic (exact) mass is 549 g/mol. The third kappa shape index (κ3) is 5.56. The van der Waals surface area contributed by atoms with E-state index < -0.39 is 16.9 Å². The first kappa shape index (κ1) is 28.0. The van der Waals surface area contributed by atoms with Gasteiger partial charge in [-0.2, -0.15) is 0 Å². The van der Waals surface area contributed by atoms with Crippen LogP contribution in [0, 0.1) is 10.1 Å². The Morgan fingerprint density at radius 3 is 2.51 bits per heavy atom. The van der Waals surface area contributed by atoms with Gasteiger partial charge in [-0.3, -0.25) is 19.5 Å². The molecule has 1 atom stereocenters. The fourth-order valence-corrected chi connectivity index (χ4v) is 5.61. The Bertz CT molecular complexity index is 1620. The minimum Gasteiger partial charge on any atom is -0.490 e. The van der Waals surface area contributed by atoms with E-state index in [2.05, 4.69) is 13.8 Å². The fraction of sp³-hybridized carbons (Fsp3) is 0.345. The number of esters is 1. The molecule has 0 saturated carbocycles. The normalized spacial score (nSPS) is 15.2. The minimum atomic E-state index is -0.713. The summed E-state index contributed by atoms with van der Waals surface area (Å²) in [6.07, 6.45) is 2.90. The quantitative estimate of drug-likeness (QED) is 0.219. The average Bonchev–Trinajstić information content (AvgIpc) is 3.22. The summed E-state index contributed by atoms with van der Waals surface area (Å²) in [6, 6.07) is 11.7. The van der Waals surface area contributed by atoms with Crippen LogP contribution in [0.3, 0.4) is 0 Å². The maximum absolute atomic E-state index is 13.9. The molecule has 1 aliphatic heterocycles. The summed E-state index contributed by atoms with van der Waals surface area (Å²) in [4.78, 5) is 43.3. The van der Waals surface area contributed by atoms with E-state index in [4.69, 9.17) is 14.5 Å². The first-order valence-electron chi connectivity index (χ1n) is 12.8. The van der Waals surface area contributed by atoms with Crippen molar-refractivity contribution in [3.05, 3.63) is 100 Å². The number of nitro benzene ring substituents is 1. The summed E-state index contributed by atoms with van der Waals surface area (Å²) in [7, 11) is 1.36. The van der Waals surface area contributed by atoms with E-state index in [-0.39, 0.29) is 23.6 Å². The van der Waals surface area contributed by atoms with Crippen LogP contribution in [0.1, 0.15) is 69.2 Å². The van der Waals surface area contributed by atoms with Crippen LogP contribution in [-0.4, -0.2) is 29.2 Å². The van der Waals surface area contributed by atoms with Crippen molar-refractivity contribution in [3.8, 4) is 5.75 Å². The van der Waals surface area contributed by atoms with Gasteiger partial charge in [0.2, 0.25) is 0 Å². The largest absolute Gasteiger partial charge is 0.490 e. The molecule has 1 aliphatic rings. The van der Waals surface area contributed by atoms with Crippen LogP contribution >= 0.6 is 11.3 Å². The number of fused-ring (bicyclic) bond motifs is 1. The molecule has 3 aromatic rings. The topological polar surface area (TPSA) is 113 Å². The highest BCUT2D eigenvalue weighted by Gasteiger charge is 2.34. The van der Waals surface area contributed by atoms with E-state index >= 15 is 0 Å². The van der Waals surface area contributed by atoms with Crippen molar-refractivity contribution >= 4 is 29.1 Å². The van der Waals surface area contributed by atoms with Gasteiger partial charge in [-0.25, -0.2) is 9.79 Å². The molecule has 0 saturated heterocycles. The van der Waals surface area contributed by atoms with Crippen LogP contribution in [0.4, 0.5) is 5.69 Å². The first-order chi connectivity index (χ1) is 18.7. The average molecular weight is 550 g/mol. The number of thiazole rings is 1. The zero-order valence-electron chi connectivity index (χ0n) is 22.6. The minimum absolute atomic E-state index is 0.131. The van der Waals surface area contributed by atoms with Gasteiger partial charge in [-0.05, 0) is 48.1 Å². The number of hydrogen-bond donors (Lipinski definition) is 0. The first-order valence-corrected chi connectivity index (χ1v) is 13.7. The van der Waals surface area contributed by atoms with Gasteiger partial charge in [-0.1, -0.05) is 68.9 Å². The number of methoxy groups -OCH3 is 1. The number of allylic oxidation sites excluding steroid dienone is 1. The van der Waals surface area contributed by atoms with Crippen LogP contribution < -0.4 is 19.6 Å². The summed E-state index contributed by atoms with van der Waals surface area (Å²) in [6.45, 7) is 8.15. The zero-order valence-corrected chi connectivity index (χ0v) is 23.4. The molecule has 0 N–H and O–H groups in total. The van der Waals surface area contributed by atoms with Crippen molar-refractivity contribution in [2.45, 2.75) is 52.5 Å². The maximum atomic E-state index is 13.9. The van der Waals surface area contributed by atoms with E-state index in [0.717, 1.165) is 17.5 Å². The Balaban J connectivity index is 1.96. The molecule has 10 heteroatoms. The van der Waals surface area contributed by atoms with Gasteiger partial charge in [0.15, 0.2) is 10.6 Å². The second-order valence-corrected chi connectivity index (χ2v) is 10.4. The molecule has 2 heterocycles. The van der Waals surface area contributed by atoms with Crippen molar-refractivity contribution in [2.24, 2.45) is 4.99 Å². The molecule has 4 rings (SSSR count).